The number of nitrogens with one attached hydrogen (secondary N) is 1. The minimum absolute atomic E-state index is 0.0816. The van der Waals surface area contributed by atoms with Crippen LogP contribution in [0.1, 0.15) is 18.9 Å². The predicted octanol–water partition coefficient (Wildman–Crippen LogP) is 4.56. The second kappa shape index (κ2) is 11.1. The molecule has 10 heteroatoms. The molecule has 0 atom stereocenters. The van der Waals surface area contributed by atoms with Crippen molar-refractivity contribution in [2.24, 2.45) is 0 Å². The Morgan fingerprint density at radius 3 is 2.30 bits per heavy atom. The Morgan fingerprint density at radius 1 is 1.07 bits per heavy atom. The van der Waals surface area contributed by atoms with Gasteiger partial charge in [0.1, 0.15) is 12.3 Å². The lowest BCUT2D eigenvalue weighted by Gasteiger charge is -2.23. The molecule has 0 aromatic heterocycles. The summed E-state index contributed by atoms with van der Waals surface area (Å²) in [7, 11) is -3.77. The van der Waals surface area contributed by atoms with E-state index in [0.717, 1.165) is 28.3 Å². The maximum atomic E-state index is 12.3. The summed E-state index contributed by atoms with van der Waals surface area (Å²) in [6.07, 6.45) is 2.46. The van der Waals surface area contributed by atoms with Crippen molar-refractivity contribution < 1.29 is 17.9 Å². The number of halogens is 3. The lowest BCUT2D eigenvalue weighted by Crippen LogP contribution is -2.40. The number of sulfonamides is 1. The van der Waals surface area contributed by atoms with Crippen LogP contribution in [-0.4, -0.2) is 40.3 Å². The number of aryl methyl sites for hydroxylation is 1. The first-order valence-electron chi connectivity index (χ1n) is 9.22. The van der Waals surface area contributed by atoms with Crippen molar-refractivity contribution in [3.05, 3.63) is 57.0 Å². The molecular formula is C20H23Cl3N2O4S. The Bertz CT molecular complexity index is 982. The molecule has 2 aromatic carbocycles. The molecule has 0 saturated carbocycles. The molecule has 0 aliphatic heterocycles. The Labute approximate surface area is 192 Å². The normalized spacial score (nSPS) is 11.2. The van der Waals surface area contributed by atoms with E-state index in [4.69, 9.17) is 39.5 Å². The summed E-state index contributed by atoms with van der Waals surface area (Å²) in [5.41, 5.74) is 1.21. The van der Waals surface area contributed by atoms with Gasteiger partial charge in [-0.3, -0.25) is 9.10 Å². The number of carbonyl (C=O) groups excluding carboxylic acids is 1. The number of hydrogen-bond acceptors (Lipinski definition) is 4. The van der Waals surface area contributed by atoms with E-state index >= 15 is 0 Å². The summed E-state index contributed by atoms with van der Waals surface area (Å²) < 4.78 is 30.7. The van der Waals surface area contributed by atoms with Crippen molar-refractivity contribution in [1.29, 1.82) is 0 Å². The average molecular weight is 494 g/mol. The van der Waals surface area contributed by atoms with E-state index in [1.807, 2.05) is 31.2 Å². The van der Waals surface area contributed by atoms with Gasteiger partial charge in [0.15, 0.2) is 0 Å². The van der Waals surface area contributed by atoms with Crippen molar-refractivity contribution in [2.75, 3.05) is 30.3 Å². The zero-order valence-corrected chi connectivity index (χ0v) is 19.7. The van der Waals surface area contributed by atoms with Crippen molar-refractivity contribution in [2.45, 2.75) is 19.8 Å². The highest BCUT2D eigenvalue weighted by atomic mass is 35.5. The molecule has 0 aliphatic carbocycles. The molecule has 0 unspecified atom stereocenters. The van der Waals surface area contributed by atoms with Crippen molar-refractivity contribution >= 4 is 56.4 Å². The topological polar surface area (TPSA) is 75.7 Å². The van der Waals surface area contributed by atoms with E-state index in [0.29, 0.717) is 19.6 Å². The standard InChI is InChI=1S/C20H23Cl3N2O4S/c1-3-29-15-8-6-14(7-9-15)5-4-10-24-20(26)13-25(30(2,27)28)19-12-17(22)16(21)11-18(19)23/h6-9,11-12H,3-5,10,13H2,1-2H3,(H,24,26). The van der Waals surface area contributed by atoms with E-state index in [9.17, 15) is 13.2 Å². The van der Waals surface area contributed by atoms with E-state index in [1.54, 1.807) is 0 Å². The highest BCUT2D eigenvalue weighted by molar-refractivity contribution is 7.92. The third kappa shape index (κ3) is 7.23. The summed E-state index contributed by atoms with van der Waals surface area (Å²) in [4.78, 5) is 12.3. The molecule has 0 spiro atoms. The van der Waals surface area contributed by atoms with Crippen LogP contribution in [0.4, 0.5) is 5.69 Å². The third-order valence-electron chi connectivity index (χ3n) is 4.14. The molecule has 30 heavy (non-hydrogen) atoms. The van der Waals surface area contributed by atoms with Crippen LogP contribution in [0.5, 0.6) is 5.75 Å². The van der Waals surface area contributed by atoms with Crippen LogP contribution < -0.4 is 14.4 Å². The van der Waals surface area contributed by atoms with E-state index in [1.165, 1.54) is 12.1 Å². The highest BCUT2D eigenvalue weighted by Gasteiger charge is 2.24. The van der Waals surface area contributed by atoms with Gasteiger partial charge >= 0.3 is 0 Å². The van der Waals surface area contributed by atoms with Crippen LogP contribution in [0.25, 0.3) is 0 Å². The Hall–Kier alpha value is -1.67. The molecule has 0 fully saturated rings. The first-order valence-corrected chi connectivity index (χ1v) is 12.2. The number of anilines is 1. The molecule has 1 amide bonds. The predicted molar refractivity (Wildman–Crippen MR) is 123 cm³/mol. The van der Waals surface area contributed by atoms with Gasteiger partial charge in [-0.25, -0.2) is 8.42 Å². The van der Waals surface area contributed by atoms with Gasteiger partial charge in [-0.2, -0.15) is 0 Å². The fourth-order valence-corrected chi connectivity index (χ4v) is 4.26. The zero-order chi connectivity index (χ0) is 22.3. The maximum absolute atomic E-state index is 12.3. The van der Waals surface area contributed by atoms with E-state index in [2.05, 4.69) is 5.32 Å². The molecule has 2 aromatic rings. The Balaban J connectivity index is 1.93. The zero-order valence-electron chi connectivity index (χ0n) is 16.6. The van der Waals surface area contributed by atoms with Crippen LogP contribution in [-0.2, 0) is 21.2 Å². The number of amides is 1. The van der Waals surface area contributed by atoms with Gasteiger partial charge in [0.2, 0.25) is 15.9 Å². The molecule has 6 nitrogen and oxygen atoms in total. The number of nitrogens with zero attached hydrogens (tertiary/aromatic N) is 1. The van der Waals surface area contributed by atoms with Gasteiger partial charge in [0, 0.05) is 6.54 Å². The fourth-order valence-electron chi connectivity index (χ4n) is 2.71. The lowest BCUT2D eigenvalue weighted by atomic mass is 10.1. The molecule has 1 N–H and O–H groups in total. The number of carbonyl (C=O) groups is 1. The first-order chi connectivity index (χ1) is 14.1. The minimum Gasteiger partial charge on any atom is -0.494 e. The molecule has 0 heterocycles. The third-order valence-corrected chi connectivity index (χ3v) is 6.30. The summed E-state index contributed by atoms with van der Waals surface area (Å²) in [6.45, 7) is 2.53. The summed E-state index contributed by atoms with van der Waals surface area (Å²) >= 11 is 18.0. The quantitative estimate of drug-likeness (QED) is 0.389. The second-order valence-electron chi connectivity index (χ2n) is 6.52. The monoisotopic (exact) mass is 492 g/mol. The van der Waals surface area contributed by atoms with Crippen LogP contribution in [0, 0.1) is 0 Å². The summed E-state index contributed by atoms with van der Waals surface area (Å²) in [5.74, 6) is 0.366. The average Bonchev–Trinajstić information content (AvgIpc) is 2.67. The smallest absolute Gasteiger partial charge is 0.240 e. The first kappa shape index (κ1) is 24.6. The van der Waals surface area contributed by atoms with Crippen molar-refractivity contribution in [3.8, 4) is 5.75 Å². The highest BCUT2D eigenvalue weighted by Crippen LogP contribution is 2.35. The molecule has 0 bridgehead atoms. The SMILES string of the molecule is CCOc1ccc(CCCNC(=O)CN(c2cc(Cl)c(Cl)cc2Cl)S(C)(=O)=O)cc1. The largest absolute Gasteiger partial charge is 0.494 e. The fraction of sp³-hybridized carbons (Fsp3) is 0.350. The van der Waals surface area contributed by atoms with Gasteiger partial charge in [-0.15, -0.1) is 0 Å². The van der Waals surface area contributed by atoms with Crippen LogP contribution >= 0.6 is 34.8 Å². The molecule has 2 rings (SSSR count). The van der Waals surface area contributed by atoms with Crippen molar-refractivity contribution in [3.63, 3.8) is 0 Å². The maximum Gasteiger partial charge on any atom is 0.240 e. The van der Waals surface area contributed by atoms with Crippen LogP contribution in [0.3, 0.4) is 0 Å². The number of rotatable bonds is 10. The lowest BCUT2D eigenvalue weighted by molar-refractivity contribution is -0.119. The van der Waals surface area contributed by atoms with Gasteiger partial charge in [-0.05, 0) is 49.6 Å². The van der Waals surface area contributed by atoms with E-state index in [-0.39, 0.29) is 20.8 Å². The number of ether oxygens (including phenoxy) is 1. The van der Waals surface area contributed by atoms with E-state index < -0.39 is 22.5 Å². The molecule has 0 aliphatic rings. The molecule has 0 radical (unpaired) electrons. The number of benzene rings is 2. The molecule has 164 valence electrons. The second-order valence-corrected chi connectivity index (χ2v) is 9.65. The van der Waals surface area contributed by atoms with Gasteiger partial charge in [0.25, 0.3) is 0 Å². The van der Waals surface area contributed by atoms with Gasteiger partial charge in [-0.1, -0.05) is 46.9 Å². The number of hydrogen-bond donors (Lipinski definition) is 1. The summed E-state index contributed by atoms with van der Waals surface area (Å²) in [6, 6.07) is 10.4. The minimum atomic E-state index is -3.77. The summed E-state index contributed by atoms with van der Waals surface area (Å²) in [5, 5.41) is 3.14. The molecular weight excluding hydrogens is 471 g/mol. The van der Waals surface area contributed by atoms with Crippen molar-refractivity contribution in [1.82, 2.24) is 5.32 Å². The van der Waals surface area contributed by atoms with Crippen LogP contribution in [0.2, 0.25) is 15.1 Å². The van der Waals surface area contributed by atoms with Crippen LogP contribution in [0.15, 0.2) is 36.4 Å². The van der Waals surface area contributed by atoms with Gasteiger partial charge < -0.3 is 10.1 Å². The Kier molecular flexibility index (Phi) is 9.09. The molecule has 0 saturated heterocycles. The van der Waals surface area contributed by atoms with Gasteiger partial charge in [0.05, 0.1) is 33.6 Å². The Morgan fingerprint density at radius 2 is 1.70 bits per heavy atom.